The Morgan fingerprint density at radius 1 is 1.53 bits per heavy atom. The number of pyridine rings is 1. The van der Waals surface area contributed by atoms with Gasteiger partial charge in [-0.15, -0.1) is 0 Å². The lowest BCUT2D eigenvalue weighted by atomic mass is 10.2. The second kappa shape index (κ2) is 6.20. The predicted molar refractivity (Wildman–Crippen MR) is 65.9 cm³/mol. The molecule has 0 aliphatic carbocycles. The molecular formula is C12H18N2O3. The maximum Gasteiger partial charge on any atom is 0.250 e. The number of carbonyl (C=O) groups excluding carboxylic acids is 1. The van der Waals surface area contributed by atoms with Gasteiger partial charge < -0.3 is 15.0 Å². The fraction of sp³-hybridized carbons (Fsp3) is 0.500. The van der Waals surface area contributed by atoms with E-state index in [1.807, 2.05) is 6.92 Å². The Bertz CT molecular complexity index is 438. The van der Waals surface area contributed by atoms with Crippen LogP contribution >= 0.6 is 0 Å². The molecule has 0 aliphatic rings. The van der Waals surface area contributed by atoms with Crippen molar-refractivity contribution in [2.24, 2.45) is 0 Å². The van der Waals surface area contributed by atoms with Gasteiger partial charge in [0.15, 0.2) is 0 Å². The highest BCUT2D eigenvalue weighted by atomic mass is 16.3. The summed E-state index contributed by atoms with van der Waals surface area (Å²) in [5, 5.41) is 11.7. The molecule has 1 unspecified atom stereocenters. The molecule has 0 aromatic carbocycles. The van der Waals surface area contributed by atoms with Gasteiger partial charge in [-0.2, -0.15) is 0 Å². The van der Waals surface area contributed by atoms with Crippen molar-refractivity contribution in [3.63, 3.8) is 0 Å². The van der Waals surface area contributed by atoms with Crippen molar-refractivity contribution in [1.29, 1.82) is 0 Å². The van der Waals surface area contributed by atoms with Gasteiger partial charge in [-0.05, 0) is 26.3 Å². The lowest BCUT2D eigenvalue weighted by Crippen LogP contribution is -2.20. The number of amides is 1. The van der Waals surface area contributed by atoms with Crippen LogP contribution in [0.1, 0.15) is 26.7 Å². The first kappa shape index (κ1) is 13.4. The smallest absolute Gasteiger partial charge is 0.250 e. The largest absolute Gasteiger partial charge is 0.393 e. The second-order valence-corrected chi connectivity index (χ2v) is 3.98. The van der Waals surface area contributed by atoms with E-state index in [9.17, 15) is 9.59 Å². The van der Waals surface area contributed by atoms with Crippen LogP contribution in [0.2, 0.25) is 0 Å². The summed E-state index contributed by atoms with van der Waals surface area (Å²) in [5.41, 5.74) is 0.511. The Hall–Kier alpha value is -1.62. The van der Waals surface area contributed by atoms with Gasteiger partial charge in [0.25, 0.3) is 5.56 Å². The number of aliphatic hydroxyl groups excluding tert-OH is 1. The summed E-state index contributed by atoms with van der Waals surface area (Å²) in [6.07, 6.45) is 1.83. The van der Waals surface area contributed by atoms with E-state index in [0.29, 0.717) is 18.7 Å². The maximum absolute atomic E-state index is 11.5. The SMILES string of the molecule is CCn1cc(NC(=O)CCC(C)O)ccc1=O. The minimum Gasteiger partial charge on any atom is -0.393 e. The van der Waals surface area contributed by atoms with Gasteiger partial charge in [-0.3, -0.25) is 9.59 Å². The molecule has 0 saturated carbocycles. The summed E-state index contributed by atoms with van der Waals surface area (Å²) >= 11 is 0. The molecular weight excluding hydrogens is 220 g/mol. The van der Waals surface area contributed by atoms with Gasteiger partial charge in [0.05, 0.1) is 11.8 Å². The summed E-state index contributed by atoms with van der Waals surface area (Å²) in [6.45, 7) is 4.07. The normalized spacial score (nSPS) is 12.2. The van der Waals surface area contributed by atoms with E-state index in [1.54, 1.807) is 19.2 Å². The Morgan fingerprint density at radius 2 is 2.24 bits per heavy atom. The lowest BCUT2D eigenvalue weighted by Gasteiger charge is -2.08. The molecule has 0 bridgehead atoms. The second-order valence-electron chi connectivity index (χ2n) is 3.98. The van der Waals surface area contributed by atoms with Gasteiger partial charge >= 0.3 is 0 Å². The van der Waals surface area contributed by atoms with Crippen LogP contribution in [0.15, 0.2) is 23.1 Å². The molecule has 2 N–H and O–H groups in total. The summed E-state index contributed by atoms with van der Waals surface area (Å²) < 4.78 is 1.52. The van der Waals surface area contributed by atoms with E-state index < -0.39 is 6.10 Å². The fourth-order valence-corrected chi connectivity index (χ4v) is 1.42. The predicted octanol–water partition coefficient (Wildman–Crippen LogP) is 0.968. The highest BCUT2D eigenvalue weighted by molar-refractivity contribution is 5.90. The minimum absolute atomic E-state index is 0.0884. The Kier molecular flexibility index (Phi) is 4.90. The first-order chi connectivity index (χ1) is 8.02. The topological polar surface area (TPSA) is 71.3 Å². The third-order valence-electron chi connectivity index (χ3n) is 2.40. The number of aryl methyl sites for hydroxylation is 1. The first-order valence-electron chi connectivity index (χ1n) is 5.71. The van der Waals surface area contributed by atoms with E-state index in [2.05, 4.69) is 5.32 Å². The van der Waals surface area contributed by atoms with Crippen molar-refractivity contribution >= 4 is 11.6 Å². The zero-order chi connectivity index (χ0) is 12.8. The number of carbonyl (C=O) groups is 1. The number of nitrogens with one attached hydrogen (secondary N) is 1. The lowest BCUT2D eigenvalue weighted by molar-refractivity contribution is -0.116. The fourth-order valence-electron chi connectivity index (χ4n) is 1.42. The maximum atomic E-state index is 11.5. The summed E-state index contributed by atoms with van der Waals surface area (Å²) in [4.78, 5) is 22.8. The van der Waals surface area contributed by atoms with Crippen molar-refractivity contribution < 1.29 is 9.90 Å². The van der Waals surface area contributed by atoms with Crippen LogP contribution in [-0.2, 0) is 11.3 Å². The molecule has 94 valence electrons. The van der Waals surface area contributed by atoms with Crippen LogP contribution in [0, 0.1) is 0 Å². The monoisotopic (exact) mass is 238 g/mol. The van der Waals surface area contributed by atoms with Crippen LogP contribution in [0.25, 0.3) is 0 Å². The molecule has 5 heteroatoms. The molecule has 1 atom stereocenters. The van der Waals surface area contributed by atoms with E-state index in [4.69, 9.17) is 5.11 Å². The number of anilines is 1. The molecule has 1 amide bonds. The molecule has 1 rings (SSSR count). The van der Waals surface area contributed by atoms with Crippen LogP contribution in [-0.4, -0.2) is 21.7 Å². The van der Waals surface area contributed by atoms with Crippen molar-refractivity contribution in [3.05, 3.63) is 28.7 Å². The zero-order valence-corrected chi connectivity index (χ0v) is 10.1. The Balaban J connectivity index is 2.62. The van der Waals surface area contributed by atoms with Gasteiger partial charge in [0.1, 0.15) is 0 Å². The number of hydrogen-bond acceptors (Lipinski definition) is 3. The van der Waals surface area contributed by atoms with E-state index in [-0.39, 0.29) is 17.9 Å². The third-order valence-corrected chi connectivity index (χ3v) is 2.40. The van der Waals surface area contributed by atoms with E-state index in [0.717, 1.165) is 0 Å². The highest BCUT2D eigenvalue weighted by Gasteiger charge is 2.05. The van der Waals surface area contributed by atoms with Crippen molar-refractivity contribution in [3.8, 4) is 0 Å². The van der Waals surface area contributed by atoms with Crippen LogP contribution < -0.4 is 10.9 Å². The molecule has 1 aromatic heterocycles. The number of hydrogen-bond donors (Lipinski definition) is 2. The first-order valence-corrected chi connectivity index (χ1v) is 5.71. The van der Waals surface area contributed by atoms with Crippen molar-refractivity contribution in [1.82, 2.24) is 4.57 Å². The number of aliphatic hydroxyl groups is 1. The van der Waals surface area contributed by atoms with Crippen LogP contribution in [0.3, 0.4) is 0 Å². The van der Waals surface area contributed by atoms with Crippen LogP contribution in [0.4, 0.5) is 5.69 Å². The molecule has 1 aromatic rings. The molecule has 0 radical (unpaired) electrons. The quantitative estimate of drug-likeness (QED) is 0.802. The van der Waals surface area contributed by atoms with Gasteiger partial charge in [0, 0.05) is 25.2 Å². The average molecular weight is 238 g/mol. The molecule has 0 aliphatic heterocycles. The third kappa shape index (κ3) is 4.40. The van der Waals surface area contributed by atoms with E-state index >= 15 is 0 Å². The van der Waals surface area contributed by atoms with Gasteiger partial charge in [-0.25, -0.2) is 0 Å². The Morgan fingerprint density at radius 3 is 2.82 bits per heavy atom. The van der Waals surface area contributed by atoms with Gasteiger partial charge in [0.2, 0.25) is 5.91 Å². The molecule has 0 spiro atoms. The Labute approximate surface area is 100 Å². The summed E-state index contributed by atoms with van der Waals surface area (Å²) in [7, 11) is 0. The molecule has 0 fully saturated rings. The number of rotatable bonds is 5. The zero-order valence-electron chi connectivity index (χ0n) is 10.1. The molecule has 1 heterocycles. The standard InChI is InChI=1S/C12H18N2O3/c1-3-14-8-10(5-7-12(14)17)13-11(16)6-4-9(2)15/h5,7-9,15H,3-4,6H2,1-2H3,(H,13,16). The van der Waals surface area contributed by atoms with Crippen molar-refractivity contribution in [2.45, 2.75) is 39.3 Å². The number of aromatic nitrogens is 1. The molecule has 0 saturated heterocycles. The molecule has 5 nitrogen and oxygen atoms in total. The minimum atomic E-state index is -0.481. The van der Waals surface area contributed by atoms with Crippen molar-refractivity contribution in [2.75, 3.05) is 5.32 Å². The summed E-state index contributed by atoms with van der Waals surface area (Å²) in [6, 6.07) is 3.00. The van der Waals surface area contributed by atoms with Gasteiger partial charge in [-0.1, -0.05) is 0 Å². The highest BCUT2D eigenvalue weighted by Crippen LogP contribution is 2.05. The summed E-state index contributed by atoms with van der Waals surface area (Å²) in [5.74, 6) is -0.160. The van der Waals surface area contributed by atoms with E-state index in [1.165, 1.54) is 10.6 Å². The average Bonchev–Trinajstić information content (AvgIpc) is 2.29. The van der Waals surface area contributed by atoms with Crippen LogP contribution in [0.5, 0.6) is 0 Å². The molecule has 17 heavy (non-hydrogen) atoms. The number of nitrogens with zero attached hydrogens (tertiary/aromatic N) is 1.